The number of hydrogen-bond donors (Lipinski definition) is 1. The van der Waals surface area contributed by atoms with Crippen molar-refractivity contribution >= 4 is 11.8 Å². The summed E-state index contributed by atoms with van der Waals surface area (Å²) in [6.45, 7) is 0.209. The molecule has 2 aromatic carbocycles. The van der Waals surface area contributed by atoms with Crippen molar-refractivity contribution < 1.29 is 14.6 Å². The largest absolute Gasteiger partial charge is 0.497 e. The van der Waals surface area contributed by atoms with Crippen LogP contribution in [0.1, 0.15) is 0 Å². The molecule has 0 radical (unpaired) electrons. The summed E-state index contributed by atoms with van der Waals surface area (Å²) in [6, 6.07) is 16.8. The van der Waals surface area contributed by atoms with Gasteiger partial charge in [-0.2, -0.15) is 4.68 Å². The van der Waals surface area contributed by atoms with Crippen LogP contribution < -0.4 is 9.47 Å². The molecule has 0 bridgehead atoms. The Morgan fingerprint density at radius 1 is 1.08 bits per heavy atom. The van der Waals surface area contributed by atoms with E-state index in [0.717, 1.165) is 17.2 Å². The van der Waals surface area contributed by atoms with E-state index >= 15 is 0 Å². The smallest absolute Gasteiger partial charge is 0.214 e. The molecule has 0 aliphatic rings. The first-order chi connectivity index (χ1) is 12.3. The summed E-state index contributed by atoms with van der Waals surface area (Å²) in [5.74, 6) is 1.91. The van der Waals surface area contributed by atoms with Gasteiger partial charge in [0.05, 0.1) is 18.9 Å². The molecule has 25 heavy (non-hydrogen) atoms. The molecule has 0 saturated heterocycles. The van der Waals surface area contributed by atoms with Crippen LogP contribution in [0, 0.1) is 0 Å². The fourth-order valence-electron chi connectivity index (χ4n) is 2.08. The Morgan fingerprint density at radius 3 is 2.56 bits per heavy atom. The molecule has 1 atom stereocenters. The Labute approximate surface area is 149 Å². The number of benzene rings is 2. The van der Waals surface area contributed by atoms with Crippen molar-refractivity contribution in [3.05, 3.63) is 54.6 Å². The Kier molecular flexibility index (Phi) is 5.86. The molecule has 1 N–H and O–H groups in total. The van der Waals surface area contributed by atoms with Crippen LogP contribution in [0.15, 0.2) is 59.8 Å². The van der Waals surface area contributed by atoms with Crippen LogP contribution in [-0.4, -0.2) is 50.9 Å². The normalized spacial score (nSPS) is 11.9. The van der Waals surface area contributed by atoms with E-state index in [1.54, 1.807) is 11.8 Å². The van der Waals surface area contributed by atoms with E-state index in [4.69, 9.17) is 9.47 Å². The number of nitrogens with zero attached hydrogens (tertiary/aromatic N) is 4. The Hall–Kier alpha value is -2.58. The number of hydrogen-bond acceptors (Lipinski definition) is 7. The maximum Gasteiger partial charge on any atom is 0.214 e. The highest BCUT2D eigenvalue weighted by molar-refractivity contribution is 7.99. The SMILES string of the molecule is COc1ccc(-n2nnnc2SC[C@H](O)COc2ccccc2)cc1. The fraction of sp³-hybridized carbons (Fsp3) is 0.235. The molecule has 0 fully saturated rings. The summed E-state index contributed by atoms with van der Waals surface area (Å²) in [5, 5.41) is 22.4. The third-order valence-electron chi connectivity index (χ3n) is 3.35. The van der Waals surface area contributed by atoms with E-state index in [-0.39, 0.29) is 6.61 Å². The predicted octanol–water partition coefficient (Wildman–Crippen LogP) is 2.20. The average Bonchev–Trinajstić information content (AvgIpc) is 3.14. The van der Waals surface area contributed by atoms with Crippen LogP contribution in [0.4, 0.5) is 0 Å². The minimum Gasteiger partial charge on any atom is -0.497 e. The molecule has 3 aromatic rings. The first kappa shape index (κ1) is 17.2. The minimum absolute atomic E-state index is 0.209. The predicted molar refractivity (Wildman–Crippen MR) is 94.4 cm³/mol. The number of methoxy groups -OCH3 is 1. The van der Waals surface area contributed by atoms with Gasteiger partial charge in [-0.1, -0.05) is 30.0 Å². The van der Waals surface area contributed by atoms with Gasteiger partial charge in [0.2, 0.25) is 5.16 Å². The summed E-state index contributed by atoms with van der Waals surface area (Å²) in [7, 11) is 1.62. The molecule has 0 aliphatic carbocycles. The van der Waals surface area contributed by atoms with Crippen molar-refractivity contribution in [1.82, 2.24) is 20.2 Å². The summed E-state index contributed by atoms with van der Waals surface area (Å²) in [5.41, 5.74) is 0.823. The molecule has 0 aliphatic heterocycles. The lowest BCUT2D eigenvalue weighted by molar-refractivity contribution is 0.126. The maximum atomic E-state index is 10.1. The van der Waals surface area contributed by atoms with E-state index in [0.29, 0.717) is 10.9 Å². The van der Waals surface area contributed by atoms with E-state index in [1.165, 1.54) is 11.8 Å². The Bertz CT molecular complexity index is 780. The zero-order valence-corrected chi connectivity index (χ0v) is 14.5. The van der Waals surface area contributed by atoms with E-state index in [2.05, 4.69) is 15.5 Å². The van der Waals surface area contributed by atoms with Crippen molar-refractivity contribution in [2.24, 2.45) is 0 Å². The van der Waals surface area contributed by atoms with Gasteiger partial charge < -0.3 is 14.6 Å². The van der Waals surface area contributed by atoms with Crippen molar-refractivity contribution in [2.45, 2.75) is 11.3 Å². The standard InChI is InChI=1S/C17H18N4O3S/c1-23-15-9-7-13(8-10-15)21-17(18-19-20-21)25-12-14(22)11-24-16-5-3-2-4-6-16/h2-10,14,22H,11-12H2,1H3/t14-/m1/s1. The summed E-state index contributed by atoms with van der Waals surface area (Å²) in [4.78, 5) is 0. The molecule has 1 heterocycles. The van der Waals surface area contributed by atoms with Crippen LogP contribution in [-0.2, 0) is 0 Å². The zero-order chi connectivity index (χ0) is 17.5. The lowest BCUT2D eigenvalue weighted by Gasteiger charge is -2.12. The number of ether oxygens (including phenoxy) is 2. The molecule has 1 aromatic heterocycles. The molecule has 130 valence electrons. The molecule has 0 saturated carbocycles. The van der Waals surface area contributed by atoms with Crippen molar-refractivity contribution in [3.8, 4) is 17.2 Å². The number of aliphatic hydroxyl groups excluding tert-OH is 1. The van der Waals surface area contributed by atoms with Crippen LogP contribution >= 0.6 is 11.8 Å². The molecule has 8 heteroatoms. The Balaban J connectivity index is 1.55. The van der Waals surface area contributed by atoms with Crippen molar-refractivity contribution in [3.63, 3.8) is 0 Å². The molecular weight excluding hydrogens is 340 g/mol. The van der Waals surface area contributed by atoms with Gasteiger partial charge in [-0.15, -0.1) is 5.10 Å². The second kappa shape index (κ2) is 8.50. The number of rotatable bonds is 8. The third kappa shape index (κ3) is 4.71. The maximum absolute atomic E-state index is 10.1. The minimum atomic E-state index is -0.633. The topological polar surface area (TPSA) is 82.3 Å². The van der Waals surface area contributed by atoms with E-state index in [9.17, 15) is 5.11 Å². The van der Waals surface area contributed by atoms with Gasteiger partial charge in [0.1, 0.15) is 18.1 Å². The van der Waals surface area contributed by atoms with E-state index < -0.39 is 6.10 Å². The lowest BCUT2D eigenvalue weighted by atomic mass is 10.3. The van der Waals surface area contributed by atoms with Crippen LogP contribution in [0.2, 0.25) is 0 Å². The third-order valence-corrected chi connectivity index (χ3v) is 4.41. The quantitative estimate of drug-likeness (QED) is 0.618. The second-order valence-electron chi connectivity index (χ2n) is 5.16. The van der Waals surface area contributed by atoms with Crippen LogP contribution in [0.5, 0.6) is 11.5 Å². The monoisotopic (exact) mass is 358 g/mol. The highest BCUT2D eigenvalue weighted by atomic mass is 32.2. The van der Waals surface area contributed by atoms with Gasteiger partial charge in [-0.05, 0) is 46.8 Å². The molecular formula is C17H18N4O3S. The molecule has 0 spiro atoms. The number of thioether (sulfide) groups is 1. The van der Waals surface area contributed by atoms with Gasteiger partial charge in [0.15, 0.2) is 0 Å². The average molecular weight is 358 g/mol. The van der Waals surface area contributed by atoms with Crippen LogP contribution in [0.25, 0.3) is 5.69 Å². The zero-order valence-electron chi connectivity index (χ0n) is 13.6. The highest BCUT2D eigenvalue weighted by Crippen LogP contribution is 2.21. The first-order valence-corrected chi connectivity index (χ1v) is 8.66. The van der Waals surface area contributed by atoms with Crippen molar-refractivity contribution in [2.75, 3.05) is 19.5 Å². The number of tetrazole rings is 1. The molecule has 7 nitrogen and oxygen atoms in total. The fourth-order valence-corrected chi connectivity index (χ4v) is 2.88. The summed E-state index contributed by atoms with van der Waals surface area (Å²) in [6.07, 6.45) is -0.633. The van der Waals surface area contributed by atoms with Gasteiger partial charge in [0, 0.05) is 5.75 Å². The van der Waals surface area contributed by atoms with Crippen molar-refractivity contribution in [1.29, 1.82) is 0 Å². The number of aliphatic hydroxyl groups is 1. The van der Waals surface area contributed by atoms with E-state index in [1.807, 2.05) is 54.6 Å². The first-order valence-electron chi connectivity index (χ1n) is 7.68. The summed E-state index contributed by atoms with van der Waals surface area (Å²) >= 11 is 1.37. The van der Waals surface area contributed by atoms with Gasteiger partial charge in [-0.25, -0.2) is 0 Å². The number of aromatic nitrogens is 4. The van der Waals surface area contributed by atoms with Gasteiger partial charge in [-0.3, -0.25) is 0 Å². The van der Waals surface area contributed by atoms with Gasteiger partial charge >= 0.3 is 0 Å². The van der Waals surface area contributed by atoms with Gasteiger partial charge in [0.25, 0.3) is 0 Å². The molecule has 0 unspecified atom stereocenters. The number of para-hydroxylation sites is 1. The lowest BCUT2D eigenvalue weighted by Crippen LogP contribution is -2.20. The highest BCUT2D eigenvalue weighted by Gasteiger charge is 2.13. The summed E-state index contributed by atoms with van der Waals surface area (Å²) < 4.78 is 12.3. The Morgan fingerprint density at radius 2 is 1.84 bits per heavy atom. The van der Waals surface area contributed by atoms with Crippen LogP contribution in [0.3, 0.4) is 0 Å². The second-order valence-corrected chi connectivity index (χ2v) is 6.15. The molecule has 3 rings (SSSR count). The molecule has 0 amide bonds.